The summed E-state index contributed by atoms with van der Waals surface area (Å²) < 4.78 is 11.1. The molecule has 1 aliphatic rings. The van der Waals surface area contributed by atoms with E-state index in [-0.39, 0.29) is 11.6 Å². The van der Waals surface area contributed by atoms with E-state index in [1.165, 1.54) is 35.8 Å². The maximum Gasteiger partial charge on any atom is 0.341 e. The first-order chi connectivity index (χ1) is 29.2. The van der Waals surface area contributed by atoms with Crippen LogP contribution in [-0.2, 0) is 40.4 Å². The largest absolute Gasteiger partial charge is 0.489 e. The number of nitrogens with one attached hydrogen (secondary N) is 3. The molecular formula is C48H44N4O6S2. The average Bonchev–Trinajstić information content (AvgIpc) is 3.63. The van der Waals surface area contributed by atoms with E-state index in [1.807, 2.05) is 84.9 Å². The lowest BCUT2D eigenvalue weighted by atomic mass is 10.0. The zero-order valence-corrected chi connectivity index (χ0v) is 34.8. The molecule has 0 saturated carbocycles. The van der Waals surface area contributed by atoms with E-state index in [0.717, 1.165) is 34.0 Å². The first-order valence-electron chi connectivity index (χ1n) is 19.5. The number of thiophene rings is 1. The van der Waals surface area contributed by atoms with Crippen molar-refractivity contribution in [2.24, 2.45) is 0 Å². The Morgan fingerprint density at radius 1 is 0.817 bits per heavy atom. The smallest absolute Gasteiger partial charge is 0.341 e. The number of ether oxygens (including phenoxy) is 2. The molecular weight excluding hydrogens is 793 g/mol. The van der Waals surface area contributed by atoms with Crippen molar-refractivity contribution in [2.75, 3.05) is 24.3 Å². The van der Waals surface area contributed by atoms with Gasteiger partial charge < -0.3 is 25.4 Å². The molecule has 60 heavy (non-hydrogen) atoms. The first-order valence-corrected chi connectivity index (χ1v) is 21.1. The third-order valence-electron chi connectivity index (χ3n) is 9.75. The monoisotopic (exact) mass is 836 g/mol. The summed E-state index contributed by atoms with van der Waals surface area (Å²) in [7, 11) is 1.35. The van der Waals surface area contributed by atoms with Crippen LogP contribution in [0, 0.1) is 0 Å². The summed E-state index contributed by atoms with van der Waals surface area (Å²) in [4.78, 5) is 57.9. The number of methoxy groups -OCH3 is 1. The van der Waals surface area contributed by atoms with Crippen LogP contribution in [0.15, 0.2) is 150 Å². The van der Waals surface area contributed by atoms with Crippen molar-refractivity contribution in [1.29, 1.82) is 0 Å². The predicted octanol–water partition coefficient (Wildman–Crippen LogP) is 9.20. The molecule has 1 aromatic heterocycles. The van der Waals surface area contributed by atoms with Gasteiger partial charge in [0, 0.05) is 40.7 Å². The van der Waals surface area contributed by atoms with Crippen molar-refractivity contribution < 1.29 is 28.7 Å². The minimum Gasteiger partial charge on any atom is -0.489 e. The molecule has 0 spiro atoms. The summed E-state index contributed by atoms with van der Waals surface area (Å²) in [6.45, 7) is 4.44. The summed E-state index contributed by atoms with van der Waals surface area (Å²) in [5.41, 5.74) is 5.19. The normalized spacial score (nSPS) is 13.1. The number of thioether (sulfide) groups is 1. The summed E-state index contributed by atoms with van der Waals surface area (Å²) >= 11 is 2.73. The van der Waals surface area contributed by atoms with Crippen molar-refractivity contribution in [3.63, 3.8) is 0 Å². The van der Waals surface area contributed by atoms with Gasteiger partial charge in [-0.15, -0.1) is 23.1 Å². The number of anilines is 2. The minimum atomic E-state index is -0.560. The quantitative estimate of drug-likeness (QED) is 0.0532. The molecule has 0 radical (unpaired) electrons. The molecule has 0 bridgehead atoms. The highest BCUT2D eigenvalue weighted by molar-refractivity contribution is 8.00. The number of carbonyl (C=O) groups excluding carboxylic acids is 4. The van der Waals surface area contributed by atoms with Crippen molar-refractivity contribution in [3.05, 3.63) is 183 Å². The van der Waals surface area contributed by atoms with Crippen LogP contribution < -0.4 is 20.7 Å². The molecule has 0 saturated heterocycles. The zero-order valence-electron chi connectivity index (χ0n) is 33.2. The van der Waals surface area contributed by atoms with Crippen molar-refractivity contribution in [1.82, 2.24) is 10.2 Å². The van der Waals surface area contributed by atoms with Gasteiger partial charge in [-0.1, -0.05) is 97.1 Å². The second kappa shape index (κ2) is 20.0. The van der Waals surface area contributed by atoms with Gasteiger partial charge in [-0.2, -0.15) is 0 Å². The maximum atomic E-state index is 13.8. The summed E-state index contributed by atoms with van der Waals surface area (Å²) in [5.74, 6) is -1.05. The van der Waals surface area contributed by atoms with Crippen LogP contribution in [0.4, 0.5) is 10.7 Å². The molecule has 6 aromatic rings. The molecule has 0 aliphatic carbocycles. The van der Waals surface area contributed by atoms with Crippen molar-refractivity contribution >= 4 is 63.6 Å². The number of fused-ring (bicyclic) bond motifs is 1. The SMILES string of the molecule is COC(=O)c1c(NC(=O)C(C)Sc2cccc(NC(=O)/C(=C\c3ccc(OCc4ccccc4)cc3)NC(=O)c3ccccc3)c2)sc2c1CCN(Cc1ccccc1)C2. The van der Waals surface area contributed by atoms with Gasteiger partial charge in [0.1, 0.15) is 23.1 Å². The third kappa shape index (κ3) is 11.0. The van der Waals surface area contributed by atoms with Gasteiger partial charge in [0.15, 0.2) is 0 Å². The second-order valence-electron chi connectivity index (χ2n) is 14.1. The van der Waals surface area contributed by atoms with Gasteiger partial charge in [0.05, 0.1) is 17.9 Å². The molecule has 10 nitrogen and oxygen atoms in total. The predicted molar refractivity (Wildman–Crippen MR) is 238 cm³/mol. The Kier molecular flexibility index (Phi) is 13.9. The third-order valence-corrected chi connectivity index (χ3v) is 12.0. The van der Waals surface area contributed by atoms with E-state index < -0.39 is 23.0 Å². The average molecular weight is 837 g/mol. The van der Waals surface area contributed by atoms with Crippen molar-refractivity contribution in [2.45, 2.75) is 43.2 Å². The first kappa shape index (κ1) is 41.7. The van der Waals surface area contributed by atoms with Gasteiger partial charge in [0.25, 0.3) is 11.8 Å². The molecule has 5 aromatic carbocycles. The number of hydrogen-bond donors (Lipinski definition) is 3. The maximum absolute atomic E-state index is 13.8. The Labute approximate surface area is 357 Å². The fourth-order valence-corrected chi connectivity index (χ4v) is 8.87. The Hall–Kier alpha value is -6.47. The highest BCUT2D eigenvalue weighted by Crippen LogP contribution is 2.39. The molecule has 1 atom stereocenters. The van der Waals surface area contributed by atoms with Gasteiger partial charge in [-0.25, -0.2) is 4.79 Å². The number of esters is 1. The van der Waals surface area contributed by atoms with Crippen LogP contribution in [0.5, 0.6) is 5.75 Å². The van der Waals surface area contributed by atoms with Crippen LogP contribution in [0.25, 0.3) is 6.08 Å². The molecule has 0 fully saturated rings. The van der Waals surface area contributed by atoms with E-state index in [4.69, 9.17) is 9.47 Å². The van der Waals surface area contributed by atoms with Crippen LogP contribution in [0.3, 0.4) is 0 Å². The summed E-state index contributed by atoms with van der Waals surface area (Å²) in [6.07, 6.45) is 2.28. The topological polar surface area (TPSA) is 126 Å². The summed E-state index contributed by atoms with van der Waals surface area (Å²) in [6, 6.07) is 43.2. The van der Waals surface area contributed by atoms with E-state index in [0.29, 0.717) is 52.7 Å². The van der Waals surface area contributed by atoms with Gasteiger partial charge in [-0.3, -0.25) is 19.3 Å². The van der Waals surface area contributed by atoms with Crippen LogP contribution in [-0.4, -0.2) is 47.5 Å². The van der Waals surface area contributed by atoms with Crippen LogP contribution >= 0.6 is 23.1 Å². The van der Waals surface area contributed by atoms with E-state index >= 15 is 0 Å². The Morgan fingerprint density at radius 3 is 2.20 bits per heavy atom. The zero-order chi connectivity index (χ0) is 41.8. The van der Waals surface area contributed by atoms with Gasteiger partial charge in [0.2, 0.25) is 5.91 Å². The number of nitrogens with zero attached hydrogens (tertiary/aromatic N) is 1. The highest BCUT2D eigenvalue weighted by Gasteiger charge is 2.30. The molecule has 7 rings (SSSR count). The molecule has 12 heteroatoms. The van der Waals surface area contributed by atoms with E-state index in [9.17, 15) is 19.2 Å². The van der Waals surface area contributed by atoms with E-state index in [2.05, 4.69) is 33.0 Å². The number of amides is 3. The number of hydrogen-bond acceptors (Lipinski definition) is 9. The Balaban J connectivity index is 1.02. The molecule has 1 unspecified atom stereocenters. The number of carbonyl (C=O) groups is 4. The van der Waals surface area contributed by atoms with E-state index in [1.54, 1.807) is 55.5 Å². The molecule has 1 aliphatic heterocycles. The second-order valence-corrected chi connectivity index (χ2v) is 16.6. The Bertz CT molecular complexity index is 2470. The number of rotatable bonds is 15. The fraction of sp³-hybridized carbons (Fsp3) is 0.167. The lowest BCUT2D eigenvalue weighted by molar-refractivity contribution is -0.115. The van der Waals surface area contributed by atoms with Crippen molar-refractivity contribution in [3.8, 4) is 5.75 Å². The van der Waals surface area contributed by atoms with Gasteiger partial charge in [-0.05, 0) is 84.1 Å². The highest BCUT2D eigenvalue weighted by atomic mass is 32.2. The molecule has 304 valence electrons. The molecule has 3 amide bonds. The fourth-order valence-electron chi connectivity index (χ4n) is 6.67. The molecule has 2 heterocycles. The Morgan fingerprint density at radius 2 is 1.50 bits per heavy atom. The molecule has 3 N–H and O–H groups in total. The lowest BCUT2D eigenvalue weighted by Crippen LogP contribution is -2.30. The van der Waals surface area contributed by atoms with Crippen LogP contribution in [0.1, 0.15) is 54.8 Å². The standard InChI is InChI=1S/C48H44N4O6S2/c1-32(44(53)51-47-43(48(56)57-2)40-25-26-52(30-42(40)60-47)29-34-13-6-3-7-14-34)59-39-20-12-19-37(28-39)49-46(55)41(50-45(54)36-17-10-5-11-18-36)27-33-21-23-38(24-22-33)58-31-35-15-8-4-9-16-35/h3-24,27-28,32H,25-26,29-31H2,1-2H3,(H,49,55)(H,50,54)(H,51,53)/b41-27+. The van der Waals surface area contributed by atoms with Crippen LogP contribution in [0.2, 0.25) is 0 Å². The minimum absolute atomic E-state index is 0.0378. The lowest BCUT2D eigenvalue weighted by Gasteiger charge is -2.27. The van der Waals surface area contributed by atoms with Gasteiger partial charge >= 0.3 is 5.97 Å². The summed E-state index contributed by atoms with van der Waals surface area (Å²) in [5, 5.41) is 8.63. The number of benzene rings is 5.